The quantitative estimate of drug-likeness (QED) is 0.855. The minimum atomic E-state index is 0.0244. The molecular formula is C18H21N3O. The number of amides is 1. The van der Waals surface area contributed by atoms with Crippen molar-refractivity contribution in [3.63, 3.8) is 0 Å². The zero-order valence-electron chi connectivity index (χ0n) is 13.1. The number of rotatable bonds is 2. The molecule has 1 aliphatic rings. The van der Waals surface area contributed by atoms with Gasteiger partial charge in [-0.1, -0.05) is 18.2 Å². The standard InChI is InChI=1S/C18H21N3O/c1-14-6-5-7-16(12-14)21-11-10-20(13-15(21)2)18(22)17-8-3-4-9-19-17/h3-9,12,15H,10-11,13H2,1-2H3/t15-/m1/s1. The molecule has 1 fully saturated rings. The van der Waals surface area contributed by atoms with Crippen LogP contribution < -0.4 is 4.90 Å². The number of benzene rings is 1. The van der Waals surface area contributed by atoms with Crippen LogP contribution in [0.2, 0.25) is 0 Å². The first kappa shape index (κ1) is 14.6. The third-order valence-corrected chi connectivity index (χ3v) is 4.13. The number of piperazine rings is 1. The van der Waals surface area contributed by atoms with Crippen LogP contribution in [-0.4, -0.2) is 41.5 Å². The van der Waals surface area contributed by atoms with Crippen LogP contribution in [0, 0.1) is 6.92 Å². The average Bonchev–Trinajstić information content (AvgIpc) is 2.55. The van der Waals surface area contributed by atoms with Gasteiger partial charge in [-0.2, -0.15) is 0 Å². The van der Waals surface area contributed by atoms with Gasteiger partial charge >= 0.3 is 0 Å². The molecule has 3 rings (SSSR count). The maximum absolute atomic E-state index is 12.5. The van der Waals surface area contributed by atoms with Crippen molar-refractivity contribution in [2.24, 2.45) is 0 Å². The van der Waals surface area contributed by atoms with E-state index in [2.05, 4.69) is 48.0 Å². The Bertz CT molecular complexity index is 656. The molecule has 0 radical (unpaired) electrons. The van der Waals surface area contributed by atoms with Crippen molar-refractivity contribution in [2.45, 2.75) is 19.9 Å². The first-order valence-electron chi connectivity index (χ1n) is 7.69. The van der Waals surface area contributed by atoms with Crippen molar-refractivity contribution in [2.75, 3.05) is 24.5 Å². The number of hydrogen-bond donors (Lipinski definition) is 0. The van der Waals surface area contributed by atoms with E-state index >= 15 is 0 Å². The lowest BCUT2D eigenvalue weighted by atomic mass is 10.1. The lowest BCUT2D eigenvalue weighted by Crippen LogP contribution is -2.53. The van der Waals surface area contributed by atoms with Gasteiger partial charge in [0.2, 0.25) is 0 Å². The molecule has 1 amide bonds. The minimum absolute atomic E-state index is 0.0244. The van der Waals surface area contributed by atoms with Crippen LogP contribution in [0.25, 0.3) is 0 Å². The van der Waals surface area contributed by atoms with E-state index in [0.717, 1.165) is 19.6 Å². The van der Waals surface area contributed by atoms with E-state index in [9.17, 15) is 4.79 Å². The van der Waals surface area contributed by atoms with E-state index in [4.69, 9.17) is 0 Å². The summed E-state index contributed by atoms with van der Waals surface area (Å²) in [6, 6.07) is 14.3. The molecule has 0 N–H and O–H groups in total. The molecule has 4 nitrogen and oxygen atoms in total. The van der Waals surface area contributed by atoms with Crippen molar-refractivity contribution < 1.29 is 4.79 Å². The lowest BCUT2D eigenvalue weighted by molar-refractivity contribution is 0.0720. The van der Waals surface area contributed by atoms with E-state index in [1.165, 1.54) is 11.3 Å². The van der Waals surface area contributed by atoms with E-state index in [-0.39, 0.29) is 5.91 Å². The average molecular weight is 295 g/mol. The Balaban J connectivity index is 1.71. The van der Waals surface area contributed by atoms with Gasteiger partial charge in [-0.25, -0.2) is 0 Å². The Morgan fingerprint density at radius 3 is 2.73 bits per heavy atom. The summed E-state index contributed by atoms with van der Waals surface area (Å²) in [5.74, 6) is 0.0244. The second-order valence-electron chi connectivity index (χ2n) is 5.85. The summed E-state index contributed by atoms with van der Waals surface area (Å²) >= 11 is 0. The molecule has 0 bridgehead atoms. The Hall–Kier alpha value is -2.36. The van der Waals surface area contributed by atoms with E-state index in [0.29, 0.717) is 11.7 Å². The number of aryl methyl sites for hydroxylation is 1. The third kappa shape index (κ3) is 2.96. The Morgan fingerprint density at radius 1 is 1.18 bits per heavy atom. The van der Waals surface area contributed by atoms with Crippen LogP contribution in [0.1, 0.15) is 23.0 Å². The van der Waals surface area contributed by atoms with Crippen LogP contribution in [0.4, 0.5) is 5.69 Å². The molecule has 2 aromatic rings. The molecule has 0 unspecified atom stereocenters. The van der Waals surface area contributed by atoms with Crippen molar-refractivity contribution in [1.29, 1.82) is 0 Å². The maximum atomic E-state index is 12.5. The van der Waals surface area contributed by atoms with Crippen LogP contribution in [0.3, 0.4) is 0 Å². The fourth-order valence-electron chi connectivity index (χ4n) is 2.98. The zero-order valence-corrected chi connectivity index (χ0v) is 13.1. The molecule has 1 aliphatic heterocycles. The van der Waals surface area contributed by atoms with Crippen LogP contribution in [-0.2, 0) is 0 Å². The first-order chi connectivity index (χ1) is 10.6. The summed E-state index contributed by atoms with van der Waals surface area (Å²) in [4.78, 5) is 20.9. The summed E-state index contributed by atoms with van der Waals surface area (Å²) in [5, 5.41) is 0. The lowest BCUT2D eigenvalue weighted by Gasteiger charge is -2.41. The number of carbonyl (C=O) groups excluding carboxylic acids is 1. The van der Waals surface area contributed by atoms with Crippen LogP contribution in [0.5, 0.6) is 0 Å². The molecule has 0 aliphatic carbocycles. The van der Waals surface area contributed by atoms with Crippen molar-refractivity contribution in [3.8, 4) is 0 Å². The normalized spacial score (nSPS) is 18.4. The predicted octanol–water partition coefficient (Wildman–Crippen LogP) is 2.74. The van der Waals surface area contributed by atoms with Gasteiger partial charge in [0.25, 0.3) is 5.91 Å². The number of anilines is 1. The Labute approximate surface area is 131 Å². The first-order valence-corrected chi connectivity index (χ1v) is 7.69. The van der Waals surface area contributed by atoms with Crippen molar-refractivity contribution in [1.82, 2.24) is 9.88 Å². The van der Waals surface area contributed by atoms with Gasteiger partial charge in [0.15, 0.2) is 0 Å². The van der Waals surface area contributed by atoms with E-state index in [1.54, 1.807) is 12.3 Å². The van der Waals surface area contributed by atoms with Gasteiger partial charge in [-0.15, -0.1) is 0 Å². The molecule has 1 aromatic carbocycles. The fourth-order valence-corrected chi connectivity index (χ4v) is 2.98. The zero-order chi connectivity index (χ0) is 15.5. The van der Waals surface area contributed by atoms with Crippen molar-refractivity contribution >= 4 is 11.6 Å². The highest BCUT2D eigenvalue weighted by Crippen LogP contribution is 2.22. The summed E-state index contributed by atoms with van der Waals surface area (Å²) in [6.07, 6.45) is 1.67. The molecule has 114 valence electrons. The maximum Gasteiger partial charge on any atom is 0.272 e. The number of hydrogen-bond acceptors (Lipinski definition) is 3. The van der Waals surface area contributed by atoms with Gasteiger partial charge in [-0.3, -0.25) is 9.78 Å². The SMILES string of the molecule is Cc1cccc(N2CCN(C(=O)c3ccccn3)C[C@H]2C)c1. The van der Waals surface area contributed by atoms with E-state index in [1.807, 2.05) is 17.0 Å². The van der Waals surface area contributed by atoms with Gasteiger partial charge in [-0.05, 0) is 43.7 Å². The molecule has 1 saturated heterocycles. The molecule has 22 heavy (non-hydrogen) atoms. The van der Waals surface area contributed by atoms with Crippen LogP contribution in [0.15, 0.2) is 48.7 Å². The number of carbonyl (C=O) groups is 1. The number of pyridine rings is 1. The van der Waals surface area contributed by atoms with E-state index < -0.39 is 0 Å². The molecule has 1 atom stereocenters. The minimum Gasteiger partial charge on any atom is -0.365 e. The molecule has 0 saturated carbocycles. The summed E-state index contributed by atoms with van der Waals surface area (Å²) < 4.78 is 0. The smallest absolute Gasteiger partial charge is 0.272 e. The topological polar surface area (TPSA) is 36.4 Å². The fraction of sp³-hybridized carbons (Fsp3) is 0.333. The summed E-state index contributed by atoms with van der Waals surface area (Å²) in [7, 11) is 0. The molecule has 1 aromatic heterocycles. The van der Waals surface area contributed by atoms with Gasteiger partial charge in [0.05, 0.1) is 0 Å². The predicted molar refractivity (Wildman–Crippen MR) is 88.1 cm³/mol. The van der Waals surface area contributed by atoms with Crippen molar-refractivity contribution in [3.05, 3.63) is 59.9 Å². The highest BCUT2D eigenvalue weighted by Gasteiger charge is 2.27. The summed E-state index contributed by atoms with van der Waals surface area (Å²) in [6.45, 7) is 6.58. The highest BCUT2D eigenvalue weighted by atomic mass is 16.2. The van der Waals surface area contributed by atoms with Gasteiger partial charge < -0.3 is 9.80 Å². The van der Waals surface area contributed by atoms with Gasteiger partial charge in [0, 0.05) is 37.6 Å². The monoisotopic (exact) mass is 295 g/mol. The molecular weight excluding hydrogens is 274 g/mol. The molecule has 0 spiro atoms. The second-order valence-corrected chi connectivity index (χ2v) is 5.85. The molecule has 2 heterocycles. The largest absolute Gasteiger partial charge is 0.365 e. The Morgan fingerprint density at radius 2 is 2.05 bits per heavy atom. The Kier molecular flexibility index (Phi) is 4.09. The number of aromatic nitrogens is 1. The second kappa shape index (κ2) is 6.18. The number of nitrogens with zero attached hydrogens (tertiary/aromatic N) is 3. The van der Waals surface area contributed by atoms with Crippen LogP contribution >= 0.6 is 0 Å². The highest BCUT2D eigenvalue weighted by molar-refractivity contribution is 5.92. The molecule has 4 heteroatoms. The van der Waals surface area contributed by atoms with Gasteiger partial charge in [0.1, 0.15) is 5.69 Å². The summed E-state index contributed by atoms with van der Waals surface area (Å²) in [5.41, 5.74) is 3.02. The third-order valence-electron chi connectivity index (χ3n) is 4.13.